The molecule has 0 radical (unpaired) electrons. The molecule has 3 N–H and O–H groups in total. The van der Waals surface area contributed by atoms with Crippen molar-refractivity contribution in [1.82, 2.24) is 14.7 Å². The molecule has 2 saturated carbocycles. The fraction of sp³-hybridized carbons (Fsp3) is 0.667. The lowest BCUT2D eigenvalue weighted by Crippen LogP contribution is -2.42. The average molecular weight is 469 g/mol. The number of amides is 1. The summed E-state index contributed by atoms with van der Waals surface area (Å²) in [5.41, 5.74) is 2.27. The van der Waals surface area contributed by atoms with E-state index >= 15 is 0 Å². The smallest absolute Gasteiger partial charge is 0.305 e. The summed E-state index contributed by atoms with van der Waals surface area (Å²) >= 11 is 0. The third-order valence-electron chi connectivity index (χ3n) is 7.33. The van der Waals surface area contributed by atoms with Gasteiger partial charge in [-0.2, -0.15) is 0 Å². The molecule has 2 aromatic heterocycles. The van der Waals surface area contributed by atoms with Gasteiger partial charge in [0.25, 0.3) is 5.91 Å². The van der Waals surface area contributed by atoms with E-state index in [1.165, 1.54) is 25.7 Å². The zero-order valence-corrected chi connectivity index (χ0v) is 20.9. The summed E-state index contributed by atoms with van der Waals surface area (Å²) in [5, 5.41) is 16.1. The molecule has 0 bridgehead atoms. The first-order chi connectivity index (χ1) is 16.2. The Balaban J connectivity index is 1.61. The van der Waals surface area contributed by atoms with E-state index in [9.17, 15) is 14.7 Å². The molecular formula is C27H40N4O3. The largest absolute Gasteiger partial charge is 0.481 e. The number of aliphatic carboxylic acids is 1. The molecule has 0 aliphatic heterocycles. The molecule has 1 unspecified atom stereocenters. The van der Waals surface area contributed by atoms with Gasteiger partial charge >= 0.3 is 5.97 Å². The predicted molar refractivity (Wildman–Crippen MR) is 134 cm³/mol. The van der Waals surface area contributed by atoms with Crippen molar-refractivity contribution in [2.45, 2.75) is 109 Å². The van der Waals surface area contributed by atoms with E-state index in [0.29, 0.717) is 11.5 Å². The Kier molecular flexibility index (Phi) is 7.48. The number of rotatable bonds is 7. The Morgan fingerprint density at radius 2 is 1.74 bits per heavy atom. The lowest BCUT2D eigenvalue weighted by atomic mass is 9.82. The van der Waals surface area contributed by atoms with Gasteiger partial charge in [0.1, 0.15) is 11.5 Å². The van der Waals surface area contributed by atoms with Gasteiger partial charge in [0.2, 0.25) is 0 Å². The minimum atomic E-state index is -0.866. The highest BCUT2D eigenvalue weighted by Gasteiger charge is 2.29. The normalized spacial score (nSPS) is 19.1. The molecule has 7 heteroatoms. The molecule has 2 aliphatic carbocycles. The van der Waals surface area contributed by atoms with Crippen LogP contribution in [0.25, 0.3) is 5.65 Å². The van der Waals surface area contributed by atoms with Crippen LogP contribution in [-0.2, 0) is 4.79 Å². The van der Waals surface area contributed by atoms with E-state index < -0.39 is 5.97 Å². The van der Waals surface area contributed by atoms with Crippen molar-refractivity contribution in [3.05, 3.63) is 29.6 Å². The van der Waals surface area contributed by atoms with Crippen molar-refractivity contribution < 1.29 is 14.7 Å². The van der Waals surface area contributed by atoms with E-state index in [1.807, 2.05) is 18.3 Å². The minimum Gasteiger partial charge on any atom is -0.481 e. The van der Waals surface area contributed by atoms with Crippen LogP contribution >= 0.6 is 0 Å². The summed E-state index contributed by atoms with van der Waals surface area (Å²) in [6, 6.07) is 3.33. The van der Waals surface area contributed by atoms with Crippen LogP contribution in [0.1, 0.15) is 113 Å². The first-order valence-corrected chi connectivity index (χ1v) is 13.0. The Labute approximate surface area is 202 Å². The highest BCUT2D eigenvalue weighted by atomic mass is 16.4. The number of aromatic nitrogens is 2. The van der Waals surface area contributed by atoms with Crippen LogP contribution in [0.15, 0.2) is 18.3 Å². The fourth-order valence-electron chi connectivity index (χ4n) is 5.66. The maximum Gasteiger partial charge on any atom is 0.305 e. The zero-order chi connectivity index (χ0) is 24.3. The molecule has 1 atom stereocenters. The topological polar surface area (TPSA) is 95.7 Å². The van der Waals surface area contributed by atoms with Crippen molar-refractivity contribution >= 4 is 23.3 Å². The van der Waals surface area contributed by atoms with Gasteiger partial charge in [-0.05, 0) is 64.5 Å². The molecule has 186 valence electrons. The van der Waals surface area contributed by atoms with Crippen LogP contribution in [0.3, 0.4) is 0 Å². The lowest BCUT2D eigenvalue weighted by Gasteiger charge is -2.30. The molecule has 2 heterocycles. The third kappa shape index (κ3) is 5.91. The van der Waals surface area contributed by atoms with Gasteiger partial charge in [-0.3, -0.25) is 14.0 Å². The van der Waals surface area contributed by atoms with E-state index in [-0.39, 0.29) is 29.8 Å². The molecule has 0 aromatic carbocycles. The second kappa shape index (κ2) is 10.4. The van der Waals surface area contributed by atoms with Crippen LogP contribution in [0.4, 0.5) is 5.82 Å². The van der Waals surface area contributed by atoms with Gasteiger partial charge in [-0.1, -0.05) is 38.5 Å². The minimum absolute atomic E-state index is 0.0342. The van der Waals surface area contributed by atoms with Gasteiger partial charge in [0.05, 0.1) is 12.1 Å². The summed E-state index contributed by atoms with van der Waals surface area (Å²) < 4.78 is 2.06. The van der Waals surface area contributed by atoms with Gasteiger partial charge in [-0.25, -0.2) is 4.98 Å². The quantitative estimate of drug-likeness (QED) is 0.481. The van der Waals surface area contributed by atoms with Gasteiger partial charge in [-0.15, -0.1) is 0 Å². The first kappa shape index (κ1) is 24.6. The fourth-order valence-corrected chi connectivity index (χ4v) is 5.66. The molecule has 2 fully saturated rings. The molecule has 1 amide bonds. The summed E-state index contributed by atoms with van der Waals surface area (Å²) in [6.07, 6.45) is 13.3. The molecule has 0 saturated heterocycles. The first-order valence-electron chi connectivity index (χ1n) is 13.0. The summed E-state index contributed by atoms with van der Waals surface area (Å²) in [5.74, 6) is 0.597. The highest BCUT2D eigenvalue weighted by Crippen LogP contribution is 2.37. The highest BCUT2D eigenvalue weighted by molar-refractivity contribution is 5.95. The molecule has 7 nitrogen and oxygen atoms in total. The molecule has 2 aliphatic rings. The standard InChI is InChI=1S/C27H40N4O3/c1-27(2,3)30-25-24(19-12-8-5-9-13-19)29-22-16-20(14-15-31(22)25)26(34)28-21(17-23(32)33)18-10-6-4-7-11-18/h14-16,18-19,21,30H,4-13,17H2,1-3H3,(H,28,34)(H,32,33). The van der Waals surface area contributed by atoms with Crippen molar-refractivity contribution in [3.63, 3.8) is 0 Å². The molecular weight excluding hydrogens is 428 g/mol. The number of nitrogens with one attached hydrogen (secondary N) is 2. The maximum absolute atomic E-state index is 13.2. The monoisotopic (exact) mass is 468 g/mol. The lowest BCUT2D eigenvalue weighted by molar-refractivity contribution is -0.137. The Morgan fingerprint density at radius 1 is 1.09 bits per heavy atom. The van der Waals surface area contributed by atoms with E-state index in [0.717, 1.165) is 55.7 Å². The molecule has 4 rings (SSSR count). The van der Waals surface area contributed by atoms with E-state index in [2.05, 4.69) is 35.8 Å². The number of fused-ring (bicyclic) bond motifs is 1. The number of anilines is 1. The number of carbonyl (C=O) groups is 2. The van der Waals surface area contributed by atoms with Gasteiger partial charge in [0.15, 0.2) is 0 Å². The average Bonchev–Trinajstić information content (AvgIpc) is 3.15. The van der Waals surface area contributed by atoms with Crippen molar-refractivity contribution in [1.29, 1.82) is 0 Å². The predicted octanol–water partition coefficient (Wildman–Crippen LogP) is 5.75. The van der Waals surface area contributed by atoms with Crippen molar-refractivity contribution in [3.8, 4) is 0 Å². The van der Waals surface area contributed by atoms with Crippen molar-refractivity contribution in [2.75, 3.05) is 5.32 Å². The zero-order valence-electron chi connectivity index (χ0n) is 20.9. The van der Waals surface area contributed by atoms with E-state index in [4.69, 9.17) is 4.98 Å². The number of pyridine rings is 1. The van der Waals surface area contributed by atoms with Gasteiger partial charge in [0, 0.05) is 29.3 Å². The number of carboxylic acid groups (broad SMARTS) is 1. The number of imidazole rings is 1. The second-order valence-electron chi connectivity index (χ2n) is 11.3. The van der Waals surface area contributed by atoms with Crippen LogP contribution in [0.5, 0.6) is 0 Å². The Bertz CT molecular complexity index is 1010. The number of hydrogen-bond acceptors (Lipinski definition) is 4. The van der Waals surface area contributed by atoms with Crippen LogP contribution in [-0.4, -0.2) is 37.9 Å². The molecule has 34 heavy (non-hydrogen) atoms. The van der Waals surface area contributed by atoms with Gasteiger partial charge < -0.3 is 15.7 Å². The van der Waals surface area contributed by atoms with Crippen LogP contribution < -0.4 is 10.6 Å². The number of carbonyl (C=O) groups excluding carboxylic acids is 1. The number of hydrogen-bond donors (Lipinski definition) is 3. The van der Waals surface area contributed by atoms with Crippen LogP contribution in [0, 0.1) is 5.92 Å². The summed E-state index contributed by atoms with van der Waals surface area (Å²) in [4.78, 5) is 29.7. The second-order valence-corrected chi connectivity index (χ2v) is 11.3. The number of nitrogens with zero attached hydrogens (tertiary/aromatic N) is 2. The van der Waals surface area contributed by atoms with E-state index in [1.54, 1.807) is 0 Å². The third-order valence-corrected chi connectivity index (χ3v) is 7.33. The van der Waals surface area contributed by atoms with Crippen LogP contribution in [0.2, 0.25) is 0 Å². The SMILES string of the molecule is CC(C)(C)Nc1c(C2CCCCC2)nc2cc(C(=O)NC(CC(=O)O)C3CCCCC3)ccn12. The summed E-state index contributed by atoms with van der Waals surface area (Å²) in [6.45, 7) is 6.44. The molecule has 0 spiro atoms. The van der Waals surface area contributed by atoms with Crippen molar-refractivity contribution in [2.24, 2.45) is 5.92 Å². The maximum atomic E-state index is 13.2. The number of carboxylic acids is 1. The Hall–Kier alpha value is -2.57. The summed E-state index contributed by atoms with van der Waals surface area (Å²) in [7, 11) is 0. The molecule has 2 aromatic rings. The Morgan fingerprint density at radius 3 is 2.35 bits per heavy atom.